The number of nitrogens with one attached hydrogen (secondary N) is 1. The molecule has 1 aliphatic rings. The van der Waals surface area contributed by atoms with Gasteiger partial charge in [0.25, 0.3) is 0 Å². The van der Waals surface area contributed by atoms with Gasteiger partial charge in [-0.2, -0.15) is 0 Å². The molecule has 0 bridgehead atoms. The van der Waals surface area contributed by atoms with Crippen molar-refractivity contribution in [3.05, 3.63) is 65.2 Å². The number of benzene rings is 2. The standard InChI is InChI=1S/C29H41N3O4S/c1-6-27(29(34)30-25-9-7-8-10-25)31(19-23-13-11-22(4)12-14-23)28(33)20-32(37(5,35)36)26-17-15-24(16-18-26)21(2)3/h11-18,21,25,27H,6-10,19-20H2,1-5H3,(H,30,34)/t27-/m1/s1. The van der Waals surface area contributed by atoms with E-state index in [1.807, 2.05) is 50.2 Å². The summed E-state index contributed by atoms with van der Waals surface area (Å²) >= 11 is 0. The maximum Gasteiger partial charge on any atom is 0.244 e. The molecule has 0 aliphatic heterocycles. The molecule has 0 unspecified atom stereocenters. The van der Waals surface area contributed by atoms with Gasteiger partial charge in [-0.15, -0.1) is 0 Å². The van der Waals surface area contributed by atoms with E-state index in [0.29, 0.717) is 18.0 Å². The van der Waals surface area contributed by atoms with Crippen LogP contribution in [0, 0.1) is 6.92 Å². The smallest absolute Gasteiger partial charge is 0.244 e. The lowest BCUT2D eigenvalue weighted by Gasteiger charge is -2.33. The molecule has 0 spiro atoms. The van der Waals surface area contributed by atoms with Crippen LogP contribution in [-0.2, 0) is 26.2 Å². The minimum absolute atomic E-state index is 0.130. The SMILES string of the molecule is CC[C@H](C(=O)NC1CCCC1)N(Cc1ccc(C)cc1)C(=O)CN(c1ccc(C(C)C)cc1)S(C)(=O)=O. The number of nitrogens with zero attached hydrogens (tertiary/aromatic N) is 2. The van der Waals surface area contributed by atoms with Gasteiger partial charge in [-0.3, -0.25) is 13.9 Å². The summed E-state index contributed by atoms with van der Waals surface area (Å²) in [6.07, 6.45) is 5.60. The molecule has 202 valence electrons. The lowest BCUT2D eigenvalue weighted by Crippen LogP contribution is -2.53. The molecule has 37 heavy (non-hydrogen) atoms. The van der Waals surface area contributed by atoms with E-state index in [1.54, 1.807) is 12.1 Å². The highest BCUT2D eigenvalue weighted by atomic mass is 32.2. The zero-order chi connectivity index (χ0) is 27.2. The number of carbonyl (C=O) groups excluding carboxylic acids is 2. The normalized spacial score (nSPS) is 15.0. The van der Waals surface area contributed by atoms with Crippen LogP contribution >= 0.6 is 0 Å². The zero-order valence-corrected chi connectivity index (χ0v) is 23.6. The van der Waals surface area contributed by atoms with E-state index in [0.717, 1.165) is 52.9 Å². The molecule has 8 heteroatoms. The summed E-state index contributed by atoms with van der Waals surface area (Å²) in [6, 6.07) is 14.5. The summed E-state index contributed by atoms with van der Waals surface area (Å²) in [7, 11) is -3.74. The Hall–Kier alpha value is -2.87. The molecule has 7 nitrogen and oxygen atoms in total. The van der Waals surface area contributed by atoms with Crippen molar-refractivity contribution in [1.82, 2.24) is 10.2 Å². The van der Waals surface area contributed by atoms with Crippen LogP contribution in [0.25, 0.3) is 0 Å². The molecule has 0 heterocycles. The highest BCUT2D eigenvalue weighted by molar-refractivity contribution is 7.92. The van der Waals surface area contributed by atoms with Crippen LogP contribution in [0.4, 0.5) is 5.69 Å². The predicted molar refractivity (Wildman–Crippen MR) is 149 cm³/mol. The van der Waals surface area contributed by atoms with Gasteiger partial charge in [0.05, 0.1) is 11.9 Å². The van der Waals surface area contributed by atoms with Crippen molar-refractivity contribution in [3.63, 3.8) is 0 Å². The van der Waals surface area contributed by atoms with Gasteiger partial charge in [0.2, 0.25) is 21.8 Å². The molecule has 1 atom stereocenters. The Balaban J connectivity index is 1.90. The Bertz CT molecular complexity index is 1150. The summed E-state index contributed by atoms with van der Waals surface area (Å²) in [5, 5.41) is 3.13. The Kier molecular flexibility index (Phi) is 9.76. The maximum absolute atomic E-state index is 13.8. The van der Waals surface area contributed by atoms with Crippen molar-refractivity contribution < 1.29 is 18.0 Å². The molecule has 1 N–H and O–H groups in total. The molecule has 0 aromatic heterocycles. The van der Waals surface area contributed by atoms with Gasteiger partial charge in [-0.05, 0) is 55.4 Å². The van der Waals surface area contributed by atoms with E-state index < -0.39 is 22.0 Å². The largest absolute Gasteiger partial charge is 0.352 e. The van der Waals surface area contributed by atoms with Crippen LogP contribution in [0.15, 0.2) is 48.5 Å². The molecule has 3 rings (SSSR count). The van der Waals surface area contributed by atoms with Crippen LogP contribution < -0.4 is 9.62 Å². The van der Waals surface area contributed by atoms with Crippen LogP contribution in [0.1, 0.15) is 75.5 Å². The van der Waals surface area contributed by atoms with Crippen molar-refractivity contribution in [1.29, 1.82) is 0 Å². The Labute approximate surface area is 222 Å². The molecule has 1 fully saturated rings. The van der Waals surface area contributed by atoms with Crippen molar-refractivity contribution >= 4 is 27.5 Å². The average Bonchev–Trinajstić information content (AvgIpc) is 3.36. The fourth-order valence-corrected chi connectivity index (χ4v) is 5.67. The summed E-state index contributed by atoms with van der Waals surface area (Å²) in [4.78, 5) is 28.7. The first-order chi connectivity index (χ1) is 17.5. The van der Waals surface area contributed by atoms with Crippen molar-refractivity contribution in [2.75, 3.05) is 17.1 Å². The molecule has 2 aromatic carbocycles. The third kappa shape index (κ3) is 7.81. The van der Waals surface area contributed by atoms with Crippen LogP contribution in [-0.4, -0.2) is 50.0 Å². The second-order valence-electron chi connectivity index (χ2n) is 10.4. The Morgan fingerprint density at radius 1 is 1.00 bits per heavy atom. The second-order valence-corrected chi connectivity index (χ2v) is 12.3. The minimum Gasteiger partial charge on any atom is -0.352 e. The highest BCUT2D eigenvalue weighted by Gasteiger charge is 2.33. The number of aryl methyl sites for hydroxylation is 1. The minimum atomic E-state index is -3.74. The van der Waals surface area contributed by atoms with E-state index in [4.69, 9.17) is 0 Å². The van der Waals surface area contributed by atoms with E-state index in [-0.39, 0.29) is 25.0 Å². The molecular formula is C29H41N3O4S. The Morgan fingerprint density at radius 2 is 1.59 bits per heavy atom. The van der Waals surface area contributed by atoms with Crippen LogP contribution in [0.3, 0.4) is 0 Å². The quantitative estimate of drug-likeness (QED) is 0.457. The van der Waals surface area contributed by atoms with Gasteiger partial charge in [-0.1, -0.05) is 75.6 Å². The average molecular weight is 528 g/mol. The van der Waals surface area contributed by atoms with E-state index in [1.165, 1.54) is 4.90 Å². The first kappa shape index (κ1) is 28.7. The number of carbonyl (C=O) groups is 2. The first-order valence-electron chi connectivity index (χ1n) is 13.2. The summed E-state index contributed by atoms with van der Waals surface area (Å²) in [6.45, 7) is 7.85. The summed E-state index contributed by atoms with van der Waals surface area (Å²) in [5.74, 6) is -0.287. The number of rotatable bonds is 11. The topological polar surface area (TPSA) is 86.8 Å². The predicted octanol–water partition coefficient (Wildman–Crippen LogP) is 4.75. The van der Waals surface area contributed by atoms with E-state index in [2.05, 4.69) is 19.2 Å². The molecular weight excluding hydrogens is 486 g/mol. The fraction of sp³-hybridized carbons (Fsp3) is 0.517. The van der Waals surface area contributed by atoms with Gasteiger partial charge >= 0.3 is 0 Å². The summed E-state index contributed by atoms with van der Waals surface area (Å²) in [5.41, 5.74) is 3.50. The fourth-order valence-electron chi connectivity index (χ4n) is 4.82. The van der Waals surface area contributed by atoms with Crippen LogP contribution in [0.5, 0.6) is 0 Å². The van der Waals surface area contributed by atoms with Gasteiger partial charge < -0.3 is 10.2 Å². The van der Waals surface area contributed by atoms with Gasteiger partial charge in [0.15, 0.2) is 0 Å². The maximum atomic E-state index is 13.8. The third-order valence-corrected chi connectivity index (χ3v) is 8.23. The zero-order valence-electron chi connectivity index (χ0n) is 22.7. The number of sulfonamides is 1. The molecule has 1 saturated carbocycles. The van der Waals surface area contributed by atoms with Gasteiger partial charge in [-0.25, -0.2) is 8.42 Å². The van der Waals surface area contributed by atoms with Crippen LogP contribution in [0.2, 0.25) is 0 Å². The molecule has 2 amide bonds. The lowest BCUT2D eigenvalue weighted by atomic mass is 10.0. The molecule has 1 aliphatic carbocycles. The third-order valence-electron chi connectivity index (χ3n) is 7.09. The lowest BCUT2D eigenvalue weighted by molar-refractivity contribution is -0.140. The number of amides is 2. The van der Waals surface area contributed by atoms with E-state index in [9.17, 15) is 18.0 Å². The van der Waals surface area contributed by atoms with E-state index >= 15 is 0 Å². The van der Waals surface area contributed by atoms with Gasteiger partial charge in [0, 0.05) is 12.6 Å². The molecule has 0 saturated heterocycles. The monoisotopic (exact) mass is 527 g/mol. The summed E-state index contributed by atoms with van der Waals surface area (Å²) < 4.78 is 26.7. The van der Waals surface area contributed by atoms with Crippen molar-refractivity contribution in [3.8, 4) is 0 Å². The highest BCUT2D eigenvalue weighted by Crippen LogP contribution is 2.24. The number of anilines is 1. The second kappa shape index (κ2) is 12.6. The number of hydrogen-bond acceptors (Lipinski definition) is 4. The number of hydrogen-bond donors (Lipinski definition) is 1. The van der Waals surface area contributed by atoms with Gasteiger partial charge in [0.1, 0.15) is 12.6 Å². The first-order valence-corrected chi connectivity index (χ1v) is 15.1. The molecule has 0 radical (unpaired) electrons. The molecule has 2 aromatic rings. The van der Waals surface area contributed by atoms with Crippen molar-refractivity contribution in [2.24, 2.45) is 0 Å². The van der Waals surface area contributed by atoms with Crippen molar-refractivity contribution in [2.45, 2.75) is 84.3 Å². The Morgan fingerprint density at radius 3 is 2.11 bits per heavy atom.